The first-order chi connectivity index (χ1) is 14.6. The molecule has 7 nitrogen and oxygen atoms in total. The smallest absolute Gasteiger partial charge is 0.359 e. The summed E-state index contributed by atoms with van der Waals surface area (Å²) in [6, 6.07) is 4.42. The monoisotopic (exact) mass is 437 g/mol. The van der Waals surface area contributed by atoms with Crippen molar-refractivity contribution < 1.29 is 22.8 Å². The summed E-state index contributed by atoms with van der Waals surface area (Å²) in [6.45, 7) is 3.85. The molecule has 0 bridgehead atoms. The number of nitrogens with one attached hydrogen (secondary N) is 2. The van der Waals surface area contributed by atoms with E-state index < -0.39 is 23.3 Å². The number of nitrogens with zero attached hydrogens (tertiary/aromatic N) is 3. The lowest BCUT2D eigenvalue weighted by Crippen LogP contribution is -2.48. The van der Waals surface area contributed by atoms with Crippen molar-refractivity contribution >= 4 is 17.6 Å². The predicted molar refractivity (Wildman–Crippen MR) is 108 cm³/mol. The van der Waals surface area contributed by atoms with Crippen molar-refractivity contribution in [2.45, 2.75) is 38.4 Å². The Balaban J connectivity index is 1.88. The van der Waals surface area contributed by atoms with Crippen LogP contribution in [0.3, 0.4) is 0 Å². The quantitative estimate of drug-likeness (QED) is 0.761. The third kappa shape index (κ3) is 4.55. The third-order valence-corrected chi connectivity index (χ3v) is 6.26. The highest BCUT2D eigenvalue weighted by Crippen LogP contribution is 2.46. The van der Waals surface area contributed by atoms with E-state index in [0.29, 0.717) is 45.4 Å². The van der Waals surface area contributed by atoms with Gasteiger partial charge in [-0.15, -0.1) is 0 Å². The number of likely N-dealkylation sites (N-methyl/N-ethyl adjacent to an activating group) is 1. The van der Waals surface area contributed by atoms with Gasteiger partial charge in [-0.1, -0.05) is 0 Å². The van der Waals surface area contributed by atoms with Crippen molar-refractivity contribution in [1.29, 1.82) is 5.26 Å². The fourth-order valence-corrected chi connectivity index (χ4v) is 4.58. The van der Waals surface area contributed by atoms with Crippen molar-refractivity contribution in [2.75, 3.05) is 38.1 Å². The van der Waals surface area contributed by atoms with Gasteiger partial charge in [-0.25, -0.2) is 4.79 Å². The maximum atomic E-state index is 13.5. The molecule has 1 atom stereocenters. The predicted octanol–water partition coefficient (Wildman–Crippen LogP) is 2.71. The number of piperidine rings is 1. The summed E-state index contributed by atoms with van der Waals surface area (Å²) >= 11 is 0. The molecule has 10 heteroatoms. The molecule has 1 aromatic carbocycles. The number of alkyl halides is 3. The maximum absolute atomic E-state index is 13.5. The molecule has 1 unspecified atom stereocenters. The lowest BCUT2D eigenvalue weighted by Gasteiger charge is -2.39. The van der Waals surface area contributed by atoms with Crippen LogP contribution in [0, 0.1) is 16.7 Å². The van der Waals surface area contributed by atoms with Crippen LogP contribution in [0.4, 0.5) is 23.7 Å². The Morgan fingerprint density at radius 2 is 1.97 bits per heavy atom. The van der Waals surface area contributed by atoms with E-state index in [2.05, 4.69) is 10.6 Å². The van der Waals surface area contributed by atoms with Crippen LogP contribution in [0.15, 0.2) is 18.2 Å². The Morgan fingerprint density at radius 3 is 2.52 bits per heavy atom. The van der Waals surface area contributed by atoms with Crippen LogP contribution in [-0.4, -0.2) is 56.1 Å². The van der Waals surface area contributed by atoms with E-state index >= 15 is 0 Å². The van der Waals surface area contributed by atoms with E-state index in [4.69, 9.17) is 5.26 Å². The zero-order valence-electron chi connectivity index (χ0n) is 17.6. The number of hydrogen-bond acceptors (Lipinski definition) is 4. The highest BCUT2D eigenvalue weighted by Gasteiger charge is 2.48. The molecule has 3 rings (SSSR count). The molecule has 2 aliphatic heterocycles. The fraction of sp³-hybridized carbons (Fsp3) is 0.571. The molecule has 1 spiro atoms. The van der Waals surface area contributed by atoms with Crippen molar-refractivity contribution in [3.05, 3.63) is 29.3 Å². The molecule has 0 saturated carbocycles. The van der Waals surface area contributed by atoms with Crippen LogP contribution in [-0.2, 0) is 11.0 Å². The number of urea groups is 1. The van der Waals surface area contributed by atoms with Crippen LogP contribution >= 0.6 is 0 Å². The second-order valence-electron chi connectivity index (χ2n) is 8.12. The van der Waals surface area contributed by atoms with Gasteiger partial charge in [-0.3, -0.25) is 4.79 Å². The summed E-state index contributed by atoms with van der Waals surface area (Å²) in [7, 11) is 1.50. The van der Waals surface area contributed by atoms with Gasteiger partial charge < -0.3 is 20.4 Å². The van der Waals surface area contributed by atoms with Crippen LogP contribution in [0.5, 0.6) is 0 Å². The third-order valence-electron chi connectivity index (χ3n) is 6.26. The number of rotatable bonds is 3. The van der Waals surface area contributed by atoms with Gasteiger partial charge in [-0.2, -0.15) is 18.4 Å². The van der Waals surface area contributed by atoms with E-state index in [-0.39, 0.29) is 23.0 Å². The van der Waals surface area contributed by atoms with Gasteiger partial charge in [0.15, 0.2) is 0 Å². The molecular weight excluding hydrogens is 411 g/mol. The van der Waals surface area contributed by atoms with E-state index in [0.717, 1.165) is 12.1 Å². The van der Waals surface area contributed by atoms with E-state index in [1.54, 1.807) is 15.9 Å². The van der Waals surface area contributed by atoms with Gasteiger partial charge in [0.25, 0.3) is 0 Å². The van der Waals surface area contributed by atoms with Gasteiger partial charge in [0.1, 0.15) is 6.04 Å². The Bertz CT molecular complexity index is 888. The summed E-state index contributed by atoms with van der Waals surface area (Å²) in [4.78, 5) is 28.1. The zero-order valence-corrected chi connectivity index (χ0v) is 17.6. The number of likely N-dealkylation sites (tertiary alicyclic amines) is 1. The van der Waals surface area contributed by atoms with Gasteiger partial charge in [0.05, 0.1) is 17.2 Å². The molecular formula is C21H26F3N5O2. The molecule has 31 heavy (non-hydrogen) atoms. The summed E-state index contributed by atoms with van der Waals surface area (Å²) in [5.74, 6) is -0.263. The zero-order chi connectivity index (χ0) is 22.8. The summed E-state index contributed by atoms with van der Waals surface area (Å²) in [5, 5.41) is 14.4. The standard InChI is InChI=1S/C21H26F3N5O2/c1-3-27-19(31)28-8-6-20(7-9-28)11-17(18(30)26-2)29(13-20)15-5-4-14(12-25)16(10-15)21(22,23)24/h4-5,10,17H,3,6-9,11,13H2,1-2H3,(H,26,30)(H,27,31). The Morgan fingerprint density at radius 1 is 1.29 bits per heavy atom. The maximum Gasteiger partial charge on any atom is 0.417 e. The number of nitriles is 1. The molecule has 0 radical (unpaired) electrons. The van der Waals surface area contributed by atoms with Crippen LogP contribution in [0.1, 0.15) is 37.3 Å². The Hall–Kier alpha value is -2.96. The number of amides is 3. The van der Waals surface area contributed by atoms with E-state index in [1.165, 1.54) is 13.1 Å². The summed E-state index contributed by atoms with van der Waals surface area (Å²) in [5.41, 5.74) is -1.46. The summed E-state index contributed by atoms with van der Waals surface area (Å²) in [6.07, 6.45) is -2.84. The van der Waals surface area contributed by atoms with Gasteiger partial charge in [0, 0.05) is 38.9 Å². The van der Waals surface area contributed by atoms with Gasteiger partial charge in [-0.05, 0) is 49.8 Å². The molecule has 3 amide bonds. The lowest BCUT2D eigenvalue weighted by atomic mass is 9.76. The average molecular weight is 437 g/mol. The minimum atomic E-state index is -4.67. The van der Waals surface area contributed by atoms with Crippen molar-refractivity contribution in [3.63, 3.8) is 0 Å². The van der Waals surface area contributed by atoms with Crippen LogP contribution in [0.2, 0.25) is 0 Å². The van der Waals surface area contributed by atoms with Gasteiger partial charge >= 0.3 is 12.2 Å². The largest absolute Gasteiger partial charge is 0.417 e. The number of carbonyl (C=O) groups is 2. The second kappa shape index (κ2) is 8.65. The average Bonchev–Trinajstić information content (AvgIpc) is 3.11. The number of carbonyl (C=O) groups excluding carboxylic acids is 2. The molecule has 168 valence electrons. The van der Waals surface area contributed by atoms with Crippen LogP contribution in [0.25, 0.3) is 0 Å². The molecule has 2 aliphatic rings. The fourth-order valence-electron chi connectivity index (χ4n) is 4.58. The Labute approximate surface area is 179 Å². The van der Waals surface area contributed by atoms with Gasteiger partial charge in [0.2, 0.25) is 5.91 Å². The molecule has 2 heterocycles. The first-order valence-corrected chi connectivity index (χ1v) is 10.3. The molecule has 0 aromatic heterocycles. The first kappa shape index (κ1) is 22.7. The van der Waals surface area contributed by atoms with Crippen molar-refractivity contribution in [2.24, 2.45) is 5.41 Å². The van der Waals surface area contributed by atoms with Crippen molar-refractivity contribution in [3.8, 4) is 6.07 Å². The second-order valence-corrected chi connectivity index (χ2v) is 8.12. The minimum absolute atomic E-state index is 0.128. The van der Waals surface area contributed by atoms with E-state index in [9.17, 15) is 22.8 Å². The molecule has 2 saturated heterocycles. The number of anilines is 1. The number of hydrogen-bond donors (Lipinski definition) is 2. The van der Waals surface area contributed by atoms with E-state index in [1.807, 2.05) is 6.92 Å². The van der Waals surface area contributed by atoms with Crippen molar-refractivity contribution in [1.82, 2.24) is 15.5 Å². The lowest BCUT2D eigenvalue weighted by molar-refractivity contribution is -0.137. The van der Waals surface area contributed by atoms with Crippen LogP contribution < -0.4 is 15.5 Å². The highest BCUT2D eigenvalue weighted by molar-refractivity contribution is 5.86. The normalized spacial score (nSPS) is 20.5. The molecule has 2 N–H and O–H groups in total. The first-order valence-electron chi connectivity index (χ1n) is 10.3. The Kier molecular flexibility index (Phi) is 6.34. The highest BCUT2D eigenvalue weighted by atomic mass is 19.4. The molecule has 1 aromatic rings. The SMILES string of the molecule is CCNC(=O)N1CCC2(CC1)CC(C(=O)NC)N(c1ccc(C#N)c(C(F)(F)F)c1)C2. The topological polar surface area (TPSA) is 88.5 Å². The molecule has 2 fully saturated rings. The number of benzene rings is 1. The number of halogens is 3. The minimum Gasteiger partial charge on any atom is -0.359 e. The molecule has 0 aliphatic carbocycles. The summed E-state index contributed by atoms with van der Waals surface area (Å²) < 4.78 is 40.4.